The van der Waals surface area contributed by atoms with Crippen molar-refractivity contribution < 1.29 is 17.7 Å². The first-order valence-corrected chi connectivity index (χ1v) is 12.1. The van der Waals surface area contributed by atoms with Gasteiger partial charge in [0.15, 0.2) is 11.4 Å². The summed E-state index contributed by atoms with van der Waals surface area (Å²) in [5.74, 6) is 0.685. The van der Waals surface area contributed by atoms with E-state index in [0.717, 1.165) is 12.1 Å². The lowest BCUT2D eigenvalue weighted by molar-refractivity contribution is -0.137. The quantitative estimate of drug-likeness (QED) is 0.309. The van der Waals surface area contributed by atoms with Gasteiger partial charge in [-0.3, -0.25) is 19.0 Å². The van der Waals surface area contributed by atoms with Gasteiger partial charge in [-0.25, -0.2) is 9.78 Å². The molecule has 0 amide bonds. The van der Waals surface area contributed by atoms with E-state index in [2.05, 4.69) is 25.3 Å². The van der Waals surface area contributed by atoms with Gasteiger partial charge in [0.25, 0.3) is 5.56 Å². The standard InChI is InChI=1S/C25H24F3N7O3/c1-3-9-34-22-20(23(36)35(10-4-2)24(34)37)30-21(31-22)17-13-29-32-18(17)11-16-12-19(38-33-16)14-5-7-15(8-6-14)25(26,27)28/h5-8,12-13H,3-4,9-11H2,1-2H3,(H,29,32)(H,30,31). The van der Waals surface area contributed by atoms with Crippen molar-refractivity contribution in [3.05, 3.63) is 74.3 Å². The van der Waals surface area contributed by atoms with Crippen LogP contribution in [0.15, 0.2) is 50.6 Å². The number of aromatic amines is 2. The minimum absolute atomic E-state index is 0.236. The second kappa shape index (κ2) is 9.80. The predicted molar refractivity (Wildman–Crippen MR) is 133 cm³/mol. The van der Waals surface area contributed by atoms with Gasteiger partial charge in [-0.05, 0) is 25.0 Å². The lowest BCUT2D eigenvalue weighted by Gasteiger charge is -2.09. The van der Waals surface area contributed by atoms with Crippen LogP contribution < -0.4 is 11.2 Å². The highest BCUT2D eigenvalue weighted by atomic mass is 19.4. The summed E-state index contributed by atoms with van der Waals surface area (Å²) in [6, 6.07) is 6.25. The van der Waals surface area contributed by atoms with Crippen molar-refractivity contribution >= 4 is 11.2 Å². The van der Waals surface area contributed by atoms with E-state index in [1.165, 1.54) is 21.3 Å². The van der Waals surface area contributed by atoms with E-state index < -0.39 is 23.0 Å². The Morgan fingerprint density at radius 1 is 1.03 bits per heavy atom. The van der Waals surface area contributed by atoms with Gasteiger partial charge in [0.05, 0.1) is 28.7 Å². The molecular weight excluding hydrogens is 503 g/mol. The summed E-state index contributed by atoms with van der Waals surface area (Å²) in [6.07, 6.45) is -1.31. The zero-order chi connectivity index (χ0) is 27.0. The highest BCUT2D eigenvalue weighted by Crippen LogP contribution is 2.31. The number of halogens is 3. The number of hydrogen-bond acceptors (Lipinski definition) is 6. The maximum Gasteiger partial charge on any atom is 0.416 e. The molecule has 5 aromatic rings. The van der Waals surface area contributed by atoms with Crippen molar-refractivity contribution in [1.82, 2.24) is 34.5 Å². The second-order valence-corrected chi connectivity index (χ2v) is 8.87. The molecule has 0 aliphatic carbocycles. The fourth-order valence-electron chi connectivity index (χ4n) is 4.33. The Morgan fingerprint density at radius 3 is 2.42 bits per heavy atom. The molecule has 1 aromatic carbocycles. The van der Waals surface area contributed by atoms with E-state index in [-0.39, 0.29) is 17.6 Å². The van der Waals surface area contributed by atoms with Crippen LogP contribution in [0, 0.1) is 0 Å². The second-order valence-electron chi connectivity index (χ2n) is 8.87. The van der Waals surface area contributed by atoms with Crippen LogP contribution in [-0.2, 0) is 25.7 Å². The zero-order valence-electron chi connectivity index (χ0n) is 20.6. The molecule has 13 heteroatoms. The molecule has 0 spiro atoms. The molecule has 2 N–H and O–H groups in total. The monoisotopic (exact) mass is 527 g/mol. The van der Waals surface area contributed by atoms with Crippen molar-refractivity contribution in [3.8, 4) is 22.7 Å². The van der Waals surface area contributed by atoms with Gasteiger partial charge in [-0.1, -0.05) is 31.1 Å². The van der Waals surface area contributed by atoms with Crippen LogP contribution >= 0.6 is 0 Å². The number of alkyl halides is 3. The molecule has 0 atom stereocenters. The van der Waals surface area contributed by atoms with Crippen LogP contribution in [0.1, 0.15) is 43.6 Å². The Kier molecular flexibility index (Phi) is 6.51. The predicted octanol–water partition coefficient (Wildman–Crippen LogP) is 4.36. The Morgan fingerprint density at radius 2 is 1.74 bits per heavy atom. The highest BCUT2D eigenvalue weighted by Gasteiger charge is 2.30. The van der Waals surface area contributed by atoms with E-state index in [9.17, 15) is 22.8 Å². The number of nitrogens with one attached hydrogen (secondary N) is 2. The molecule has 5 rings (SSSR count). The third kappa shape index (κ3) is 4.55. The van der Waals surface area contributed by atoms with Crippen molar-refractivity contribution in [2.24, 2.45) is 0 Å². The van der Waals surface area contributed by atoms with E-state index >= 15 is 0 Å². The van der Waals surface area contributed by atoms with Crippen LogP contribution in [-0.4, -0.2) is 34.5 Å². The van der Waals surface area contributed by atoms with Crippen LogP contribution in [0.4, 0.5) is 13.2 Å². The molecule has 0 radical (unpaired) electrons. The fraction of sp³-hybridized carbons (Fsp3) is 0.320. The molecular formula is C25H24F3N7O3. The summed E-state index contributed by atoms with van der Waals surface area (Å²) in [4.78, 5) is 33.6. The fourth-order valence-corrected chi connectivity index (χ4v) is 4.33. The molecule has 0 aliphatic rings. The number of hydrogen-bond donors (Lipinski definition) is 2. The first kappa shape index (κ1) is 25.2. The first-order valence-electron chi connectivity index (χ1n) is 12.1. The number of imidazole rings is 1. The number of H-pyrrole nitrogens is 2. The summed E-state index contributed by atoms with van der Waals surface area (Å²) < 4.78 is 46.6. The summed E-state index contributed by atoms with van der Waals surface area (Å²) in [5, 5.41) is 11.0. The summed E-state index contributed by atoms with van der Waals surface area (Å²) in [7, 11) is 0. The Bertz CT molecular complexity index is 1710. The lowest BCUT2D eigenvalue weighted by atomic mass is 10.1. The van der Waals surface area contributed by atoms with Gasteiger partial charge in [0, 0.05) is 31.1 Å². The molecule has 10 nitrogen and oxygen atoms in total. The molecule has 38 heavy (non-hydrogen) atoms. The van der Waals surface area contributed by atoms with Crippen molar-refractivity contribution in [2.75, 3.05) is 0 Å². The molecule has 0 aliphatic heterocycles. The smallest absolute Gasteiger partial charge is 0.356 e. The van der Waals surface area contributed by atoms with Crippen LogP contribution in [0.25, 0.3) is 33.9 Å². The van der Waals surface area contributed by atoms with Crippen molar-refractivity contribution in [2.45, 2.75) is 52.4 Å². The summed E-state index contributed by atoms with van der Waals surface area (Å²) in [5.41, 5.74) is 1.11. The van der Waals surface area contributed by atoms with Crippen molar-refractivity contribution in [1.29, 1.82) is 0 Å². The van der Waals surface area contributed by atoms with Gasteiger partial charge < -0.3 is 9.51 Å². The number of rotatable bonds is 8. The van der Waals surface area contributed by atoms with Crippen LogP contribution in [0.5, 0.6) is 0 Å². The van der Waals surface area contributed by atoms with Crippen molar-refractivity contribution in [3.63, 3.8) is 0 Å². The van der Waals surface area contributed by atoms with E-state index in [1.54, 1.807) is 12.3 Å². The number of aryl methyl sites for hydroxylation is 1. The molecule has 198 valence electrons. The molecule has 4 aromatic heterocycles. The molecule has 0 saturated carbocycles. The molecule has 0 bridgehead atoms. The molecule has 0 saturated heterocycles. The highest BCUT2D eigenvalue weighted by molar-refractivity contribution is 5.76. The number of nitrogens with zero attached hydrogens (tertiary/aromatic N) is 5. The lowest BCUT2D eigenvalue weighted by Crippen LogP contribution is -2.40. The van der Waals surface area contributed by atoms with Gasteiger partial charge in [0.2, 0.25) is 0 Å². The number of fused-ring (bicyclic) bond motifs is 1. The van der Waals surface area contributed by atoms with Crippen LogP contribution in [0.3, 0.4) is 0 Å². The first-order chi connectivity index (χ1) is 18.2. The molecule has 0 fully saturated rings. The number of benzene rings is 1. The summed E-state index contributed by atoms with van der Waals surface area (Å²) in [6.45, 7) is 4.54. The summed E-state index contributed by atoms with van der Waals surface area (Å²) >= 11 is 0. The zero-order valence-corrected chi connectivity index (χ0v) is 20.6. The number of aromatic nitrogens is 7. The van der Waals surface area contributed by atoms with Gasteiger partial charge in [0.1, 0.15) is 11.3 Å². The Labute approximate surface area is 213 Å². The SMILES string of the molecule is CCCn1c(=O)c2[nH]c(-c3cn[nH]c3Cc3cc(-c4ccc(C(F)(F)F)cc4)on3)nc2n(CCC)c1=O. The van der Waals surface area contributed by atoms with E-state index in [0.29, 0.717) is 60.0 Å². The van der Waals surface area contributed by atoms with E-state index in [1.807, 2.05) is 13.8 Å². The average Bonchev–Trinajstić information content (AvgIpc) is 3.64. The topological polar surface area (TPSA) is 127 Å². The maximum atomic E-state index is 13.0. The third-order valence-corrected chi connectivity index (χ3v) is 6.14. The Hall–Kier alpha value is -4.42. The third-order valence-electron chi connectivity index (χ3n) is 6.14. The Balaban J connectivity index is 1.47. The maximum absolute atomic E-state index is 13.0. The molecule has 0 unspecified atom stereocenters. The van der Waals surface area contributed by atoms with Gasteiger partial charge in [-0.2, -0.15) is 18.3 Å². The van der Waals surface area contributed by atoms with Gasteiger partial charge >= 0.3 is 11.9 Å². The average molecular weight is 528 g/mol. The normalized spacial score (nSPS) is 12.0. The minimum Gasteiger partial charge on any atom is -0.356 e. The van der Waals surface area contributed by atoms with E-state index in [4.69, 9.17) is 4.52 Å². The minimum atomic E-state index is -4.42. The van der Waals surface area contributed by atoms with Crippen LogP contribution in [0.2, 0.25) is 0 Å². The molecule has 4 heterocycles. The largest absolute Gasteiger partial charge is 0.416 e. The van der Waals surface area contributed by atoms with Gasteiger partial charge in [-0.15, -0.1) is 0 Å².